The fraction of sp³-hybridized carbons (Fsp3) is 0.533. The van der Waals surface area contributed by atoms with Gasteiger partial charge in [-0.25, -0.2) is 0 Å². The van der Waals surface area contributed by atoms with Gasteiger partial charge in [-0.05, 0) is 31.4 Å². The Morgan fingerprint density at radius 3 is 2.42 bits per heavy atom. The van der Waals surface area contributed by atoms with Crippen molar-refractivity contribution in [3.63, 3.8) is 0 Å². The van der Waals surface area contributed by atoms with E-state index in [2.05, 4.69) is 24.5 Å². The summed E-state index contributed by atoms with van der Waals surface area (Å²) in [4.78, 5) is 11.8. The highest BCUT2D eigenvalue weighted by molar-refractivity contribution is 6.31. The summed E-state index contributed by atoms with van der Waals surface area (Å²) in [6.45, 7) is 8.49. The van der Waals surface area contributed by atoms with Crippen LogP contribution in [-0.4, -0.2) is 18.5 Å². The fourth-order valence-corrected chi connectivity index (χ4v) is 1.95. The van der Waals surface area contributed by atoms with Gasteiger partial charge in [0.25, 0.3) is 0 Å². The van der Waals surface area contributed by atoms with Crippen LogP contribution in [0.25, 0.3) is 0 Å². The van der Waals surface area contributed by atoms with Gasteiger partial charge in [-0.15, -0.1) is 0 Å². The molecule has 1 rings (SSSR count). The lowest BCUT2D eigenvalue weighted by atomic mass is 10.1. The van der Waals surface area contributed by atoms with Gasteiger partial charge in [0.15, 0.2) is 0 Å². The van der Waals surface area contributed by atoms with E-state index in [1.54, 1.807) is 0 Å². The Morgan fingerprint density at radius 2 is 1.84 bits per heavy atom. The molecule has 1 aromatic rings. The van der Waals surface area contributed by atoms with Crippen LogP contribution >= 0.6 is 11.6 Å². The van der Waals surface area contributed by atoms with Crippen LogP contribution in [0.5, 0.6) is 0 Å². The maximum Gasteiger partial charge on any atom is 0.234 e. The maximum absolute atomic E-state index is 11.8. The molecule has 106 valence electrons. The highest BCUT2D eigenvalue weighted by Gasteiger charge is 2.13. The zero-order chi connectivity index (χ0) is 14.4. The highest BCUT2D eigenvalue weighted by Crippen LogP contribution is 2.21. The molecular formula is C15H23ClN2O. The molecule has 4 heteroatoms. The monoisotopic (exact) mass is 282 g/mol. The smallest absolute Gasteiger partial charge is 0.234 e. The first-order valence-corrected chi connectivity index (χ1v) is 7.06. The third-order valence-electron chi connectivity index (χ3n) is 3.33. The van der Waals surface area contributed by atoms with Crippen LogP contribution in [0.2, 0.25) is 5.02 Å². The average molecular weight is 283 g/mol. The Balaban J connectivity index is 2.44. The molecule has 19 heavy (non-hydrogen) atoms. The molecule has 0 aromatic heterocycles. The number of benzene rings is 1. The summed E-state index contributed by atoms with van der Waals surface area (Å²) >= 11 is 6.12. The highest BCUT2D eigenvalue weighted by atomic mass is 35.5. The lowest BCUT2D eigenvalue weighted by Gasteiger charge is -2.19. The lowest BCUT2D eigenvalue weighted by molar-refractivity contribution is -0.121. The molecule has 0 spiro atoms. The number of hydrogen-bond donors (Lipinski definition) is 2. The first-order chi connectivity index (χ1) is 8.91. The van der Waals surface area contributed by atoms with Crippen LogP contribution in [0.3, 0.4) is 0 Å². The molecule has 0 aliphatic rings. The van der Waals surface area contributed by atoms with Crippen LogP contribution < -0.4 is 10.6 Å². The third kappa shape index (κ3) is 5.21. The number of carbonyl (C=O) groups is 1. The second-order valence-corrected chi connectivity index (χ2v) is 5.63. The second-order valence-electron chi connectivity index (χ2n) is 5.22. The van der Waals surface area contributed by atoms with E-state index in [-0.39, 0.29) is 18.0 Å². The Hall–Kier alpha value is -1.06. The molecule has 0 aliphatic heterocycles. The summed E-state index contributed by atoms with van der Waals surface area (Å²) in [5, 5.41) is 6.87. The van der Waals surface area contributed by atoms with Gasteiger partial charge >= 0.3 is 0 Å². The van der Waals surface area contributed by atoms with E-state index < -0.39 is 0 Å². The quantitative estimate of drug-likeness (QED) is 0.841. The normalized spacial score (nSPS) is 14.2. The first-order valence-electron chi connectivity index (χ1n) is 6.69. The van der Waals surface area contributed by atoms with Crippen molar-refractivity contribution < 1.29 is 4.79 Å². The van der Waals surface area contributed by atoms with Gasteiger partial charge < -0.3 is 10.6 Å². The van der Waals surface area contributed by atoms with Crippen molar-refractivity contribution in [2.24, 2.45) is 5.92 Å². The first kappa shape index (κ1) is 16.0. The van der Waals surface area contributed by atoms with Crippen molar-refractivity contribution >= 4 is 17.5 Å². The zero-order valence-corrected chi connectivity index (χ0v) is 12.8. The molecule has 0 saturated carbocycles. The van der Waals surface area contributed by atoms with Gasteiger partial charge in [0.05, 0.1) is 6.54 Å². The van der Waals surface area contributed by atoms with E-state index in [4.69, 9.17) is 11.6 Å². The zero-order valence-electron chi connectivity index (χ0n) is 12.0. The number of hydrogen-bond acceptors (Lipinski definition) is 2. The number of amides is 1. The van der Waals surface area contributed by atoms with Gasteiger partial charge in [0.2, 0.25) is 5.91 Å². The third-order valence-corrected chi connectivity index (χ3v) is 3.67. The van der Waals surface area contributed by atoms with Gasteiger partial charge in [0.1, 0.15) is 0 Å². The lowest BCUT2D eigenvalue weighted by Crippen LogP contribution is -2.41. The minimum Gasteiger partial charge on any atom is -0.352 e. The van der Waals surface area contributed by atoms with E-state index in [0.717, 1.165) is 10.6 Å². The summed E-state index contributed by atoms with van der Waals surface area (Å²) in [5.74, 6) is 0.449. The SMILES string of the molecule is CC(C)C(C)NC(=O)CN[C@@H](C)c1ccccc1Cl. The minimum atomic E-state index is 0.0140. The minimum absolute atomic E-state index is 0.0140. The summed E-state index contributed by atoms with van der Waals surface area (Å²) in [6.07, 6.45) is 0. The predicted octanol–water partition coefficient (Wildman–Crippen LogP) is 3.15. The van der Waals surface area contributed by atoms with E-state index in [0.29, 0.717) is 12.5 Å². The molecule has 3 nitrogen and oxygen atoms in total. The molecule has 0 fully saturated rings. The molecule has 0 saturated heterocycles. The summed E-state index contributed by atoms with van der Waals surface area (Å²) in [6, 6.07) is 7.90. The fourth-order valence-electron chi connectivity index (χ4n) is 1.65. The molecule has 2 N–H and O–H groups in total. The van der Waals surface area contributed by atoms with Crippen molar-refractivity contribution in [2.45, 2.75) is 39.8 Å². The van der Waals surface area contributed by atoms with Gasteiger partial charge in [0, 0.05) is 17.1 Å². The molecule has 1 amide bonds. The summed E-state index contributed by atoms with van der Waals surface area (Å²) in [5.41, 5.74) is 1.01. The summed E-state index contributed by atoms with van der Waals surface area (Å²) < 4.78 is 0. The Bertz CT molecular complexity index is 420. The number of halogens is 1. The second kappa shape index (κ2) is 7.51. The van der Waals surface area contributed by atoms with Crippen molar-refractivity contribution in [2.75, 3.05) is 6.54 Å². The molecular weight excluding hydrogens is 260 g/mol. The van der Waals surface area contributed by atoms with Gasteiger partial charge in [-0.3, -0.25) is 4.79 Å². The van der Waals surface area contributed by atoms with Crippen molar-refractivity contribution in [1.82, 2.24) is 10.6 Å². The summed E-state index contributed by atoms with van der Waals surface area (Å²) in [7, 11) is 0. The number of carbonyl (C=O) groups excluding carboxylic acids is 1. The molecule has 0 bridgehead atoms. The molecule has 0 aliphatic carbocycles. The standard InChI is InChI=1S/C15H23ClN2O/c1-10(2)11(3)18-15(19)9-17-12(4)13-7-5-6-8-14(13)16/h5-8,10-12,17H,9H2,1-4H3,(H,18,19)/t11?,12-/m0/s1. The van der Waals surface area contributed by atoms with E-state index >= 15 is 0 Å². The largest absolute Gasteiger partial charge is 0.352 e. The Morgan fingerprint density at radius 1 is 1.21 bits per heavy atom. The predicted molar refractivity (Wildman–Crippen MR) is 80.3 cm³/mol. The Labute approximate surface area is 120 Å². The van der Waals surface area contributed by atoms with E-state index in [9.17, 15) is 4.79 Å². The topological polar surface area (TPSA) is 41.1 Å². The molecule has 2 atom stereocenters. The van der Waals surface area contributed by atoms with Crippen LogP contribution in [0, 0.1) is 5.92 Å². The van der Waals surface area contributed by atoms with Crippen LogP contribution in [0.15, 0.2) is 24.3 Å². The number of rotatable bonds is 6. The maximum atomic E-state index is 11.8. The molecule has 0 radical (unpaired) electrons. The van der Waals surface area contributed by atoms with Crippen molar-refractivity contribution in [3.05, 3.63) is 34.9 Å². The molecule has 0 heterocycles. The van der Waals surface area contributed by atoms with Crippen molar-refractivity contribution in [1.29, 1.82) is 0 Å². The molecule has 1 unspecified atom stereocenters. The van der Waals surface area contributed by atoms with Crippen LogP contribution in [0.4, 0.5) is 0 Å². The van der Waals surface area contributed by atoms with E-state index in [1.807, 2.05) is 38.1 Å². The van der Waals surface area contributed by atoms with Crippen LogP contribution in [0.1, 0.15) is 39.3 Å². The average Bonchev–Trinajstić information content (AvgIpc) is 2.36. The molecule has 1 aromatic carbocycles. The van der Waals surface area contributed by atoms with Gasteiger partial charge in [-0.2, -0.15) is 0 Å². The van der Waals surface area contributed by atoms with Crippen LogP contribution in [-0.2, 0) is 4.79 Å². The van der Waals surface area contributed by atoms with Crippen molar-refractivity contribution in [3.8, 4) is 0 Å². The van der Waals surface area contributed by atoms with Gasteiger partial charge in [-0.1, -0.05) is 43.6 Å². The van der Waals surface area contributed by atoms with E-state index in [1.165, 1.54) is 0 Å². The number of nitrogens with one attached hydrogen (secondary N) is 2. The Kier molecular flexibility index (Phi) is 6.32.